The Hall–Kier alpha value is -2.21. The van der Waals surface area contributed by atoms with Crippen LogP contribution in [0, 0.1) is 18.3 Å². The minimum absolute atomic E-state index is 0.668. The van der Waals surface area contributed by atoms with Crippen molar-refractivity contribution < 1.29 is 4.74 Å². The third-order valence-electron chi connectivity index (χ3n) is 3.12. The highest BCUT2D eigenvalue weighted by Gasteiger charge is 2.10. The van der Waals surface area contributed by atoms with E-state index in [2.05, 4.69) is 6.07 Å². The number of ether oxygens (including phenoxy) is 1. The van der Waals surface area contributed by atoms with Crippen LogP contribution in [0.15, 0.2) is 30.3 Å². The van der Waals surface area contributed by atoms with Crippen molar-refractivity contribution >= 4 is 0 Å². The fourth-order valence-corrected chi connectivity index (χ4v) is 1.98. The molecule has 0 saturated carbocycles. The summed E-state index contributed by atoms with van der Waals surface area (Å²) in [6.07, 6.45) is 0. The molecule has 0 unspecified atom stereocenters. The lowest BCUT2D eigenvalue weighted by Gasteiger charge is -2.07. The summed E-state index contributed by atoms with van der Waals surface area (Å²) < 4.78 is 7.45. The molecule has 0 aliphatic carbocycles. The predicted molar refractivity (Wildman–Crippen MR) is 71.5 cm³/mol. The molecule has 0 aliphatic heterocycles. The largest absolute Gasteiger partial charge is 0.494 e. The summed E-state index contributed by atoms with van der Waals surface area (Å²) in [5.74, 6) is 0.868. The molecule has 1 heterocycles. The van der Waals surface area contributed by atoms with E-state index >= 15 is 0 Å². The SMILES string of the molecule is CCOc1ccc(-c2cc(C#N)c(C)n2C)cc1. The van der Waals surface area contributed by atoms with Gasteiger partial charge in [-0.05, 0) is 49.7 Å². The summed E-state index contributed by atoms with van der Waals surface area (Å²) in [5, 5.41) is 9.03. The van der Waals surface area contributed by atoms with Crippen molar-refractivity contribution in [3.63, 3.8) is 0 Å². The maximum Gasteiger partial charge on any atom is 0.119 e. The summed E-state index contributed by atoms with van der Waals surface area (Å²) in [7, 11) is 1.97. The van der Waals surface area contributed by atoms with E-state index in [0.717, 1.165) is 28.3 Å². The molecule has 18 heavy (non-hydrogen) atoms. The van der Waals surface area contributed by atoms with Crippen LogP contribution in [0.25, 0.3) is 11.3 Å². The van der Waals surface area contributed by atoms with Crippen LogP contribution in [0.1, 0.15) is 18.2 Å². The zero-order valence-electron chi connectivity index (χ0n) is 10.9. The van der Waals surface area contributed by atoms with Gasteiger partial charge in [0.05, 0.1) is 12.2 Å². The van der Waals surface area contributed by atoms with Crippen molar-refractivity contribution in [2.24, 2.45) is 7.05 Å². The van der Waals surface area contributed by atoms with Crippen LogP contribution < -0.4 is 4.74 Å². The van der Waals surface area contributed by atoms with Gasteiger partial charge in [0.1, 0.15) is 11.8 Å². The Morgan fingerprint density at radius 3 is 2.44 bits per heavy atom. The second kappa shape index (κ2) is 4.97. The smallest absolute Gasteiger partial charge is 0.119 e. The Labute approximate surface area is 107 Å². The summed E-state index contributed by atoms with van der Waals surface area (Å²) in [6.45, 7) is 4.59. The van der Waals surface area contributed by atoms with Gasteiger partial charge in [-0.25, -0.2) is 0 Å². The molecule has 1 aromatic carbocycles. The highest BCUT2D eigenvalue weighted by molar-refractivity contribution is 5.64. The van der Waals surface area contributed by atoms with E-state index in [1.54, 1.807) is 0 Å². The number of aromatic nitrogens is 1. The van der Waals surface area contributed by atoms with Crippen molar-refractivity contribution in [2.45, 2.75) is 13.8 Å². The summed E-state index contributed by atoms with van der Waals surface area (Å²) in [5.41, 5.74) is 3.85. The summed E-state index contributed by atoms with van der Waals surface area (Å²) in [6, 6.07) is 12.1. The predicted octanol–water partition coefficient (Wildman–Crippen LogP) is 3.27. The minimum atomic E-state index is 0.668. The van der Waals surface area contributed by atoms with Gasteiger partial charge in [-0.2, -0.15) is 5.26 Å². The van der Waals surface area contributed by atoms with Gasteiger partial charge in [0.25, 0.3) is 0 Å². The Bertz CT molecular complexity index is 588. The number of nitriles is 1. The topological polar surface area (TPSA) is 37.9 Å². The first-order valence-corrected chi connectivity index (χ1v) is 5.97. The Morgan fingerprint density at radius 2 is 1.94 bits per heavy atom. The maximum absolute atomic E-state index is 9.03. The molecule has 92 valence electrons. The highest BCUT2D eigenvalue weighted by Crippen LogP contribution is 2.26. The zero-order valence-corrected chi connectivity index (χ0v) is 10.9. The number of benzene rings is 1. The summed E-state index contributed by atoms with van der Waals surface area (Å²) >= 11 is 0. The van der Waals surface area contributed by atoms with Crippen molar-refractivity contribution in [1.29, 1.82) is 5.26 Å². The van der Waals surface area contributed by atoms with Crippen LogP contribution in [-0.2, 0) is 7.05 Å². The Morgan fingerprint density at radius 1 is 1.28 bits per heavy atom. The van der Waals surface area contributed by atoms with E-state index in [9.17, 15) is 0 Å². The number of hydrogen-bond donors (Lipinski definition) is 0. The highest BCUT2D eigenvalue weighted by atomic mass is 16.5. The summed E-state index contributed by atoms with van der Waals surface area (Å²) in [4.78, 5) is 0. The second-order valence-electron chi connectivity index (χ2n) is 4.16. The molecule has 0 saturated heterocycles. The van der Waals surface area contributed by atoms with Crippen LogP contribution in [0.4, 0.5) is 0 Å². The molecule has 0 N–H and O–H groups in total. The van der Waals surface area contributed by atoms with Gasteiger partial charge in [0.2, 0.25) is 0 Å². The molecule has 2 aromatic rings. The number of nitrogens with zero attached hydrogens (tertiary/aromatic N) is 2. The quantitative estimate of drug-likeness (QED) is 0.825. The molecular formula is C15H16N2O. The molecule has 0 spiro atoms. The van der Waals surface area contributed by atoms with E-state index in [1.807, 2.05) is 55.8 Å². The van der Waals surface area contributed by atoms with Gasteiger partial charge >= 0.3 is 0 Å². The van der Waals surface area contributed by atoms with Gasteiger partial charge in [-0.3, -0.25) is 0 Å². The molecular weight excluding hydrogens is 224 g/mol. The van der Waals surface area contributed by atoms with E-state index in [-0.39, 0.29) is 0 Å². The molecule has 0 aliphatic rings. The van der Waals surface area contributed by atoms with Crippen LogP contribution in [-0.4, -0.2) is 11.2 Å². The Balaban J connectivity index is 2.40. The average molecular weight is 240 g/mol. The van der Waals surface area contributed by atoms with Crippen molar-refractivity contribution in [2.75, 3.05) is 6.61 Å². The Kier molecular flexibility index (Phi) is 3.38. The molecule has 0 bridgehead atoms. The van der Waals surface area contributed by atoms with Crippen molar-refractivity contribution in [3.05, 3.63) is 41.6 Å². The van der Waals surface area contributed by atoms with Gasteiger partial charge in [0, 0.05) is 18.4 Å². The first-order valence-electron chi connectivity index (χ1n) is 5.97. The molecule has 0 radical (unpaired) electrons. The first kappa shape index (κ1) is 12.3. The second-order valence-corrected chi connectivity index (χ2v) is 4.16. The number of hydrogen-bond acceptors (Lipinski definition) is 2. The molecule has 2 rings (SSSR count). The molecule has 1 aromatic heterocycles. The lowest BCUT2D eigenvalue weighted by atomic mass is 10.1. The van der Waals surface area contributed by atoms with E-state index in [4.69, 9.17) is 10.00 Å². The van der Waals surface area contributed by atoms with Crippen LogP contribution in [0.2, 0.25) is 0 Å². The minimum Gasteiger partial charge on any atom is -0.494 e. The van der Waals surface area contributed by atoms with E-state index < -0.39 is 0 Å². The normalized spacial score (nSPS) is 10.1. The lowest BCUT2D eigenvalue weighted by Crippen LogP contribution is -1.95. The first-order chi connectivity index (χ1) is 8.67. The molecule has 3 nitrogen and oxygen atoms in total. The fourth-order valence-electron chi connectivity index (χ4n) is 1.98. The fraction of sp³-hybridized carbons (Fsp3) is 0.267. The third-order valence-corrected chi connectivity index (χ3v) is 3.12. The molecule has 0 atom stereocenters. The monoisotopic (exact) mass is 240 g/mol. The average Bonchev–Trinajstić information content (AvgIpc) is 2.68. The van der Waals surface area contributed by atoms with Crippen molar-refractivity contribution in [1.82, 2.24) is 4.57 Å². The lowest BCUT2D eigenvalue weighted by molar-refractivity contribution is 0.340. The molecule has 3 heteroatoms. The maximum atomic E-state index is 9.03. The van der Waals surface area contributed by atoms with Gasteiger partial charge < -0.3 is 9.30 Å². The van der Waals surface area contributed by atoms with Gasteiger partial charge in [-0.15, -0.1) is 0 Å². The number of rotatable bonds is 3. The van der Waals surface area contributed by atoms with E-state index in [0.29, 0.717) is 6.61 Å². The van der Waals surface area contributed by atoms with Crippen molar-refractivity contribution in [3.8, 4) is 23.1 Å². The van der Waals surface area contributed by atoms with Gasteiger partial charge in [0.15, 0.2) is 0 Å². The van der Waals surface area contributed by atoms with Crippen LogP contribution in [0.5, 0.6) is 5.75 Å². The van der Waals surface area contributed by atoms with E-state index in [1.165, 1.54) is 0 Å². The standard InChI is InChI=1S/C15H16N2O/c1-4-18-14-7-5-12(6-8-14)15-9-13(10-16)11(2)17(15)3/h5-9H,4H2,1-3H3. The van der Waals surface area contributed by atoms with Crippen LogP contribution >= 0.6 is 0 Å². The molecule has 0 fully saturated rings. The van der Waals surface area contributed by atoms with Crippen LogP contribution in [0.3, 0.4) is 0 Å². The molecule has 0 amide bonds. The van der Waals surface area contributed by atoms with Gasteiger partial charge in [-0.1, -0.05) is 0 Å². The third kappa shape index (κ3) is 2.10. The zero-order chi connectivity index (χ0) is 13.1.